The molecule has 1 heterocycles. The summed E-state index contributed by atoms with van der Waals surface area (Å²) in [6, 6.07) is 5.26. The smallest absolute Gasteiger partial charge is 0.307 e. The molecule has 1 aromatic carbocycles. The van der Waals surface area contributed by atoms with E-state index in [0.717, 1.165) is 0 Å². The summed E-state index contributed by atoms with van der Waals surface area (Å²) in [6.45, 7) is 6.05. The number of nitrogens with one attached hydrogen (secondary N) is 1. The number of carboxylic acid groups (broad SMARTS) is 1. The Bertz CT molecular complexity index is 845. The van der Waals surface area contributed by atoms with Crippen molar-refractivity contribution in [3.63, 3.8) is 0 Å². The van der Waals surface area contributed by atoms with Gasteiger partial charge in [-0.3, -0.25) is 9.59 Å². The Kier molecular flexibility index (Phi) is 4.37. The van der Waals surface area contributed by atoms with E-state index in [0.29, 0.717) is 35.5 Å². The molecular weight excluding hydrogens is 320 g/mol. The Morgan fingerprint density at radius 1 is 1.20 bits per heavy atom. The van der Waals surface area contributed by atoms with Crippen LogP contribution in [0.25, 0.3) is 11.1 Å². The van der Waals surface area contributed by atoms with Gasteiger partial charge < -0.3 is 14.8 Å². The van der Waals surface area contributed by atoms with E-state index in [4.69, 9.17) is 4.42 Å². The highest BCUT2D eigenvalue weighted by Crippen LogP contribution is 2.29. The molecular formula is C19H22N2O4. The SMILES string of the molecule is CC(C)(C)c1nc2cc(NC(=O)[C@H]3CC=CC[C@@H]3C(=O)O)ccc2o1. The number of carbonyl (C=O) groups is 2. The van der Waals surface area contributed by atoms with Crippen molar-refractivity contribution in [1.82, 2.24) is 4.98 Å². The van der Waals surface area contributed by atoms with Crippen LogP contribution in [0.4, 0.5) is 5.69 Å². The van der Waals surface area contributed by atoms with Gasteiger partial charge in [0, 0.05) is 11.1 Å². The van der Waals surface area contributed by atoms with Gasteiger partial charge >= 0.3 is 5.97 Å². The first-order valence-electron chi connectivity index (χ1n) is 8.35. The Hall–Kier alpha value is -2.63. The number of hydrogen-bond acceptors (Lipinski definition) is 4. The summed E-state index contributed by atoms with van der Waals surface area (Å²) >= 11 is 0. The maximum absolute atomic E-state index is 12.5. The number of aromatic nitrogens is 1. The number of benzene rings is 1. The van der Waals surface area contributed by atoms with E-state index in [2.05, 4.69) is 10.3 Å². The predicted octanol–water partition coefficient (Wildman–Crippen LogP) is 3.73. The normalized spacial score (nSPS) is 20.6. The molecule has 3 rings (SSSR count). The second-order valence-electron chi connectivity index (χ2n) is 7.43. The highest BCUT2D eigenvalue weighted by molar-refractivity contribution is 5.96. The number of amides is 1. The van der Waals surface area contributed by atoms with Crippen molar-refractivity contribution in [2.24, 2.45) is 11.8 Å². The zero-order valence-electron chi connectivity index (χ0n) is 14.6. The lowest BCUT2D eigenvalue weighted by atomic mass is 9.82. The Balaban J connectivity index is 1.81. The lowest BCUT2D eigenvalue weighted by Crippen LogP contribution is -2.34. The van der Waals surface area contributed by atoms with Crippen LogP contribution in [0.15, 0.2) is 34.8 Å². The molecule has 132 valence electrons. The van der Waals surface area contributed by atoms with E-state index in [9.17, 15) is 14.7 Å². The minimum Gasteiger partial charge on any atom is -0.481 e. The van der Waals surface area contributed by atoms with Crippen LogP contribution in [-0.2, 0) is 15.0 Å². The van der Waals surface area contributed by atoms with Crippen LogP contribution in [0.2, 0.25) is 0 Å². The second kappa shape index (κ2) is 6.35. The summed E-state index contributed by atoms with van der Waals surface area (Å²) in [5, 5.41) is 12.1. The van der Waals surface area contributed by atoms with Crippen molar-refractivity contribution >= 4 is 28.7 Å². The molecule has 0 saturated heterocycles. The van der Waals surface area contributed by atoms with Crippen LogP contribution in [0.3, 0.4) is 0 Å². The van der Waals surface area contributed by atoms with Gasteiger partial charge in [0.15, 0.2) is 5.58 Å². The van der Waals surface area contributed by atoms with Crippen molar-refractivity contribution in [3.05, 3.63) is 36.2 Å². The van der Waals surface area contributed by atoms with Crippen molar-refractivity contribution in [1.29, 1.82) is 0 Å². The molecule has 2 atom stereocenters. The Morgan fingerprint density at radius 2 is 1.88 bits per heavy atom. The summed E-state index contributed by atoms with van der Waals surface area (Å²) in [5.41, 5.74) is 1.71. The molecule has 0 spiro atoms. The molecule has 6 heteroatoms. The standard InChI is InChI=1S/C19H22N2O4/c1-19(2,3)18-21-14-10-11(8-9-15(14)25-18)20-16(22)12-6-4-5-7-13(12)17(23)24/h4-5,8-10,12-13H,6-7H2,1-3H3,(H,20,22)(H,23,24)/t12-,13-/m0/s1. The number of hydrogen-bond donors (Lipinski definition) is 2. The van der Waals surface area contributed by atoms with Gasteiger partial charge in [0.1, 0.15) is 5.52 Å². The minimum absolute atomic E-state index is 0.203. The highest BCUT2D eigenvalue weighted by Gasteiger charge is 2.34. The van der Waals surface area contributed by atoms with Gasteiger partial charge in [0.2, 0.25) is 11.8 Å². The highest BCUT2D eigenvalue weighted by atomic mass is 16.4. The number of rotatable bonds is 3. The maximum Gasteiger partial charge on any atom is 0.307 e. The van der Waals surface area contributed by atoms with Crippen molar-refractivity contribution in [2.45, 2.75) is 39.0 Å². The van der Waals surface area contributed by atoms with Crippen LogP contribution in [0, 0.1) is 11.8 Å². The average molecular weight is 342 g/mol. The van der Waals surface area contributed by atoms with Crippen LogP contribution in [0.1, 0.15) is 39.5 Å². The average Bonchev–Trinajstić information content (AvgIpc) is 2.98. The van der Waals surface area contributed by atoms with E-state index in [-0.39, 0.29) is 11.3 Å². The molecule has 0 saturated carbocycles. The quantitative estimate of drug-likeness (QED) is 0.829. The maximum atomic E-state index is 12.5. The summed E-state index contributed by atoms with van der Waals surface area (Å²) in [7, 11) is 0. The predicted molar refractivity (Wildman–Crippen MR) is 94.3 cm³/mol. The number of oxazole rings is 1. The Morgan fingerprint density at radius 3 is 2.52 bits per heavy atom. The molecule has 25 heavy (non-hydrogen) atoms. The summed E-state index contributed by atoms with van der Waals surface area (Å²) in [6.07, 6.45) is 4.49. The van der Waals surface area contributed by atoms with Crippen LogP contribution < -0.4 is 5.32 Å². The number of anilines is 1. The van der Waals surface area contributed by atoms with Crippen LogP contribution in [0.5, 0.6) is 0 Å². The van der Waals surface area contributed by atoms with Gasteiger partial charge in [-0.25, -0.2) is 4.98 Å². The summed E-state index contributed by atoms with van der Waals surface area (Å²) in [4.78, 5) is 28.4. The lowest BCUT2D eigenvalue weighted by Gasteiger charge is -2.24. The largest absolute Gasteiger partial charge is 0.481 e. The molecule has 1 amide bonds. The molecule has 0 fully saturated rings. The topological polar surface area (TPSA) is 92.4 Å². The van der Waals surface area contributed by atoms with E-state index in [1.807, 2.05) is 32.9 Å². The third-order valence-corrected chi connectivity index (χ3v) is 4.38. The molecule has 2 N–H and O–H groups in total. The fourth-order valence-electron chi connectivity index (χ4n) is 2.94. The Labute approximate surface area is 145 Å². The number of fused-ring (bicyclic) bond motifs is 1. The van der Waals surface area contributed by atoms with Crippen LogP contribution >= 0.6 is 0 Å². The van der Waals surface area contributed by atoms with E-state index >= 15 is 0 Å². The lowest BCUT2D eigenvalue weighted by molar-refractivity contribution is -0.146. The second-order valence-corrected chi connectivity index (χ2v) is 7.43. The van der Waals surface area contributed by atoms with Gasteiger partial charge in [0.25, 0.3) is 0 Å². The number of aliphatic carboxylic acids is 1. The number of nitrogens with zero attached hydrogens (tertiary/aromatic N) is 1. The van der Waals surface area contributed by atoms with E-state index in [1.54, 1.807) is 18.2 Å². The molecule has 2 aromatic rings. The molecule has 1 aromatic heterocycles. The zero-order valence-corrected chi connectivity index (χ0v) is 14.6. The third-order valence-electron chi connectivity index (χ3n) is 4.38. The molecule has 1 aliphatic rings. The summed E-state index contributed by atoms with van der Waals surface area (Å²) < 4.78 is 5.75. The molecule has 6 nitrogen and oxygen atoms in total. The first-order valence-corrected chi connectivity index (χ1v) is 8.35. The molecule has 0 unspecified atom stereocenters. The minimum atomic E-state index is -0.939. The molecule has 0 radical (unpaired) electrons. The zero-order chi connectivity index (χ0) is 18.2. The fourth-order valence-corrected chi connectivity index (χ4v) is 2.94. The first kappa shape index (κ1) is 17.2. The van der Waals surface area contributed by atoms with E-state index < -0.39 is 17.8 Å². The van der Waals surface area contributed by atoms with Gasteiger partial charge in [-0.15, -0.1) is 0 Å². The summed E-state index contributed by atoms with van der Waals surface area (Å²) in [5.74, 6) is -1.84. The molecule has 1 aliphatic carbocycles. The van der Waals surface area contributed by atoms with Gasteiger partial charge in [-0.05, 0) is 31.0 Å². The van der Waals surface area contributed by atoms with Gasteiger partial charge in [0.05, 0.1) is 11.8 Å². The van der Waals surface area contributed by atoms with Crippen molar-refractivity contribution < 1.29 is 19.1 Å². The van der Waals surface area contributed by atoms with E-state index in [1.165, 1.54) is 0 Å². The monoisotopic (exact) mass is 342 g/mol. The molecule has 0 aliphatic heterocycles. The van der Waals surface area contributed by atoms with Crippen molar-refractivity contribution in [3.8, 4) is 0 Å². The van der Waals surface area contributed by atoms with Crippen molar-refractivity contribution in [2.75, 3.05) is 5.32 Å². The molecule has 0 bridgehead atoms. The van der Waals surface area contributed by atoms with Crippen LogP contribution in [-0.4, -0.2) is 22.0 Å². The number of allylic oxidation sites excluding steroid dienone is 2. The van der Waals surface area contributed by atoms with Gasteiger partial charge in [-0.2, -0.15) is 0 Å². The number of carbonyl (C=O) groups excluding carboxylic acids is 1. The first-order chi connectivity index (χ1) is 11.8. The number of carboxylic acids is 1. The fraction of sp³-hybridized carbons (Fsp3) is 0.421. The van der Waals surface area contributed by atoms with Gasteiger partial charge in [-0.1, -0.05) is 32.9 Å². The third kappa shape index (κ3) is 3.57.